The fourth-order valence-electron chi connectivity index (χ4n) is 1.18. The first-order chi connectivity index (χ1) is 8.29. The Labute approximate surface area is 100 Å². The Morgan fingerprint density at radius 2 is 1.94 bits per heavy atom. The van der Waals surface area contributed by atoms with Gasteiger partial charge in [0.15, 0.2) is 0 Å². The van der Waals surface area contributed by atoms with Gasteiger partial charge in [-0.15, -0.1) is 13.2 Å². The number of anilines is 1. The van der Waals surface area contributed by atoms with Crippen LogP contribution in [0.5, 0.6) is 5.75 Å². The van der Waals surface area contributed by atoms with E-state index in [-0.39, 0.29) is 17.9 Å². The SMILES string of the molecule is NC(=O)c1cc(N)ccc1OCCOC(F)(F)F. The lowest BCUT2D eigenvalue weighted by molar-refractivity contribution is -0.325. The summed E-state index contributed by atoms with van der Waals surface area (Å²) in [5, 5.41) is 0. The predicted molar refractivity (Wildman–Crippen MR) is 56.9 cm³/mol. The van der Waals surface area contributed by atoms with E-state index >= 15 is 0 Å². The Morgan fingerprint density at radius 1 is 1.28 bits per heavy atom. The summed E-state index contributed by atoms with van der Waals surface area (Å²) in [4.78, 5) is 11.0. The number of alkyl halides is 3. The van der Waals surface area contributed by atoms with Crippen LogP contribution in [0.3, 0.4) is 0 Å². The molecule has 0 saturated heterocycles. The summed E-state index contributed by atoms with van der Waals surface area (Å²) >= 11 is 0. The first kappa shape index (κ1) is 14.1. The maximum Gasteiger partial charge on any atom is 0.522 e. The molecule has 5 nitrogen and oxygen atoms in total. The maximum atomic E-state index is 11.7. The zero-order valence-corrected chi connectivity index (χ0v) is 9.16. The number of amides is 1. The fourth-order valence-corrected chi connectivity index (χ4v) is 1.18. The standard InChI is InChI=1S/C10H11F3N2O3/c11-10(12,13)18-4-3-17-8-2-1-6(14)5-7(8)9(15)16/h1-2,5H,3-4,14H2,(H2,15,16). The molecule has 0 bridgehead atoms. The number of benzene rings is 1. The number of hydrogen-bond donors (Lipinski definition) is 2. The van der Waals surface area contributed by atoms with Gasteiger partial charge in [0.1, 0.15) is 12.4 Å². The number of carbonyl (C=O) groups excluding carboxylic acids is 1. The Balaban J connectivity index is 2.59. The quantitative estimate of drug-likeness (QED) is 0.619. The molecule has 0 heterocycles. The van der Waals surface area contributed by atoms with Gasteiger partial charge in [-0.05, 0) is 18.2 Å². The Morgan fingerprint density at radius 3 is 2.50 bits per heavy atom. The lowest BCUT2D eigenvalue weighted by Gasteiger charge is -2.11. The van der Waals surface area contributed by atoms with E-state index in [1.165, 1.54) is 18.2 Å². The van der Waals surface area contributed by atoms with Gasteiger partial charge in [-0.25, -0.2) is 0 Å². The van der Waals surface area contributed by atoms with Crippen molar-refractivity contribution in [2.45, 2.75) is 6.36 Å². The molecule has 8 heteroatoms. The second-order valence-electron chi connectivity index (χ2n) is 3.26. The molecular formula is C10H11F3N2O3. The number of primary amides is 1. The van der Waals surface area contributed by atoms with Gasteiger partial charge in [0.2, 0.25) is 0 Å². The van der Waals surface area contributed by atoms with E-state index in [0.717, 1.165) is 0 Å². The molecule has 4 N–H and O–H groups in total. The van der Waals surface area contributed by atoms with Crippen LogP contribution in [0.25, 0.3) is 0 Å². The van der Waals surface area contributed by atoms with Crippen LogP contribution < -0.4 is 16.2 Å². The molecule has 100 valence electrons. The van der Waals surface area contributed by atoms with Crippen LogP contribution in [0.4, 0.5) is 18.9 Å². The molecule has 0 atom stereocenters. The van der Waals surface area contributed by atoms with Crippen LogP contribution in [0, 0.1) is 0 Å². The van der Waals surface area contributed by atoms with Gasteiger partial charge in [0.05, 0.1) is 12.2 Å². The summed E-state index contributed by atoms with van der Waals surface area (Å²) in [5.41, 5.74) is 10.8. The molecule has 0 aliphatic heterocycles. The minimum absolute atomic E-state index is 0.00186. The van der Waals surface area contributed by atoms with E-state index in [0.29, 0.717) is 5.69 Å². The van der Waals surface area contributed by atoms with Crippen LogP contribution in [-0.4, -0.2) is 25.5 Å². The molecule has 1 aromatic carbocycles. The van der Waals surface area contributed by atoms with Crippen molar-refractivity contribution in [1.82, 2.24) is 0 Å². The number of rotatable bonds is 5. The van der Waals surface area contributed by atoms with E-state index in [1.54, 1.807) is 0 Å². The van der Waals surface area contributed by atoms with Crippen molar-refractivity contribution in [3.8, 4) is 5.75 Å². The third kappa shape index (κ3) is 4.50. The number of nitrogen functional groups attached to an aromatic ring is 1. The van der Waals surface area contributed by atoms with E-state index in [4.69, 9.17) is 16.2 Å². The van der Waals surface area contributed by atoms with Crippen LogP contribution in [-0.2, 0) is 4.74 Å². The topological polar surface area (TPSA) is 87.6 Å². The van der Waals surface area contributed by atoms with Crippen LogP contribution in [0.15, 0.2) is 18.2 Å². The summed E-state index contributed by atoms with van der Waals surface area (Å²) in [6.07, 6.45) is -4.71. The van der Waals surface area contributed by atoms with Crippen molar-refractivity contribution in [3.05, 3.63) is 23.8 Å². The molecule has 0 fully saturated rings. The first-order valence-corrected chi connectivity index (χ1v) is 4.82. The Hall–Kier alpha value is -1.96. The molecular weight excluding hydrogens is 253 g/mol. The van der Waals surface area contributed by atoms with Gasteiger partial charge in [0.25, 0.3) is 5.91 Å². The van der Waals surface area contributed by atoms with E-state index in [1.807, 2.05) is 0 Å². The molecule has 0 aromatic heterocycles. The van der Waals surface area contributed by atoms with Gasteiger partial charge >= 0.3 is 6.36 Å². The van der Waals surface area contributed by atoms with Gasteiger partial charge in [-0.2, -0.15) is 0 Å². The van der Waals surface area contributed by atoms with Crippen molar-refractivity contribution < 1.29 is 27.4 Å². The molecule has 0 aliphatic rings. The molecule has 0 radical (unpaired) electrons. The normalized spacial score (nSPS) is 11.3. The summed E-state index contributed by atoms with van der Waals surface area (Å²) < 4.78 is 43.5. The van der Waals surface area contributed by atoms with Gasteiger partial charge < -0.3 is 16.2 Å². The second kappa shape index (κ2) is 5.58. The third-order valence-electron chi connectivity index (χ3n) is 1.88. The summed E-state index contributed by atoms with van der Waals surface area (Å²) in [5.74, 6) is -0.725. The average molecular weight is 264 g/mol. The molecule has 0 saturated carbocycles. The fraction of sp³-hybridized carbons (Fsp3) is 0.300. The average Bonchev–Trinajstić information content (AvgIpc) is 2.24. The lowest BCUT2D eigenvalue weighted by atomic mass is 10.1. The van der Waals surface area contributed by atoms with Crippen LogP contribution in [0.1, 0.15) is 10.4 Å². The number of nitrogens with two attached hydrogens (primary N) is 2. The number of carbonyl (C=O) groups is 1. The minimum atomic E-state index is -4.71. The van der Waals surface area contributed by atoms with Crippen molar-refractivity contribution in [1.29, 1.82) is 0 Å². The number of hydrogen-bond acceptors (Lipinski definition) is 4. The maximum absolute atomic E-state index is 11.7. The van der Waals surface area contributed by atoms with E-state index in [9.17, 15) is 18.0 Å². The van der Waals surface area contributed by atoms with Gasteiger partial charge in [-0.1, -0.05) is 0 Å². The molecule has 0 aliphatic carbocycles. The Bertz CT molecular complexity index is 435. The first-order valence-electron chi connectivity index (χ1n) is 4.82. The van der Waals surface area contributed by atoms with Gasteiger partial charge in [0, 0.05) is 5.69 Å². The molecule has 18 heavy (non-hydrogen) atoms. The van der Waals surface area contributed by atoms with Crippen molar-refractivity contribution in [2.24, 2.45) is 5.73 Å². The van der Waals surface area contributed by atoms with Crippen LogP contribution in [0.2, 0.25) is 0 Å². The number of halogens is 3. The highest BCUT2D eigenvalue weighted by atomic mass is 19.4. The zero-order chi connectivity index (χ0) is 13.8. The van der Waals surface area contributed by atoms with Crippen molar-refractivity contribution in [3.63, 3.8) is 0 Å². The third-order valence-corrected chi connectivity index (χ3v) is 1.88. The van der Waals surface area contributed by atoms with Gasteiger partial charge in [-0.3, -0.25) is 9.53 Å². The zero-order valence-electron chi connectivity index (χ0n) is 9.16. The molecule has 0 unspecified atom stereocenters. The highest BCUT2D eigenvalue weighted by Gasteiger charge is 2.28. The monoisotopic (exact) mass is 264 g/mol. The molecule has 1 rings (SSSR count). The van der Waals surface area contributed by atoms with E-state index < -0.39 is 18.9 Å². The predicted octanol–water partition coefficient (Wildman–Crippen LogP) is 1.28. The largest absolute Gasteiger partial charge is 0.522 e. The lowest BCUT2D eigenvalue weighted by Crippen LogP contribution is -2.19. The second-order valence-corrected chi connectivity index (χ2v) is 3.26. The van der Waals surface area contributed by atoms with Crippen molar-refractivity contribution >= 4 is 11.6 Å². The van der Waals surface area contributed by atoms with Crippen molar-refractivity contribution in [2.75, 3.05) is 18.9 Å². The van der Waals surface area contributed by atoms with E-state index in [2.05, 4.69) is 4.74 Å². The molecule has 1 amide bonds. The highest BCUT2D eigenvalue weighted by molar-refractivity contribution is 5.96. The smallest absolute Gasteiger partial charge is 0.490 e. The molecule has 0 spiro atoms. The minimum Gasteiger partial charge on any atom is -0.490 e. The summed E-state index contributed by atoms with van der Waals surface area (Å²) in [6.45, 7) is -1.06. The summed E-state index contributed by atoms with van der Waals surface area (Å²) in [7, 11) is 0. The van der Waals surface area contributed by atoms with Crippen LogP contribution >= 0.6 is 0 Å². The Kier molecular flexibility index (Phi) is 4.38. The number of ether oxygens (including phenoxy) is 2. The highest BCUT2D eigenvalue weighted by Crippen LogP contribution is 2.21. The molecule has 1 aromatic rings. The summed E-state index contributed by atoms with van der Waals surface area (Å²) in [6, 6.07) is 4.07.